The highest BCUT2D eigenvalue weighted by Gasteiger charge is 2.13. The first-order valence-corrected chi connectivity index (χ1v) is 6.75. The van der Waals surface area contributed by atoms with Gasteiger partial charge in [0, 0.05) is 0 Å². The molecular formula is C17H16O3. The lowest BCUT2D eigenvalue weighted by Gasteiger charge is -2.18. The average molecular weight is 268 g/mol. The van der Waals surface area contributed by atoms with Crippen molar-refractivity contribution in [3.63, 3.8) is 0 Å². The summed E-state index contributed by atoms with van der Waals surface area (Å²) in [4.78, 5) is 11.1. The Bertz CT molecular complexity index is 674. The number of aromatic carboxylic acids is 1. The minimum absolute atomic E-state index is 0.319. The average Bonchev–Trinajstić information content (AvgIpc) is 2.47. The van der Waals surface area contributed by atoms with E-state index in [-0.39, 0.29) is 0 Å². The number of benzene rings is 2. The zero-order valence-electron chi connectivity index (χ0n) is 11.3. The molecule has 0 atom stereocenters. The van der Waals surface area contributed by atoms with E-state index in [2.05, 4.69) is 6.07 Å². The summed E-state index contributed by atoms with van der Waals surface area (Å²) in [5.41, 5.74) is 4.62. The number of hydrogen-bond acceptors (Lipinski definition) is 2. The molecule has 0 fully saturated rings. The molecule has 102 valence electrons. The third kappa shape index (κ3) is 2.27. The molecule has 3 nitrogen and oxygen atoms in total. The molecule has 1 heterocycles. The normalized spacial score (nSPS) is 13.4. The molecular weight excluding hydrogens is 252 g/mol. The van der Waals surface area contributed by atoms with Crippen molar-refractivity contribution < 1.29 is 14.6 Å². The van der Waals surface area contributed by atoms with Crippen LogP contribution in [0.5, 0.6) is 5.75 Å². The Kier molecular flexibility index (Phi) is 3.18. The molecule has 1 aliphatic heterocycles. The van der Waals surface area contributed by atoms with E-state index in [1.165, 1.54) is 5.56 Å². The summed E-state index contributed by atoms with van der Waals surface area (Å²) in [6, 6.07) is 11.3. The van der Waals surface area contributed by atoms with Gasteiger partial charge in [0.2, 0.25) is 0 Å². The highest BCUT2D eigenvalue weighted by atomic mass is 16.5. The van der Waals surface area contributed by atoms with E-state index in [0.717, 1.165) is 41.9 Å². The molecule has 0 saturated heterocycles. The predicted molar refractivity (Wildman–Crippen MR) is 77.4 cm³/mol. The second-order valence-electron chi connectivity index (χ2n) is 5.11. The van der Waals surface area contributed by atoms with Gasteiger partial charge >= 0.3 is 5.97 Å². The van der Waals surface area contributed by atoms with Crippen LogP contribution in [0.1, 0.15) is 27.9 Å². The van der Waals surface area contributed by atoms with Gasteiger partial charge in [-0.25, -0.2) is 4.79 Å². The number of ether oxygens (including phenoxy) is 1. The smallest absolute Gasteiger partial charge is 0.335 e. The molecule has 1 N–H and O–H groups in total. The van der Waals surface area contributed by atoms with E-state index in [1.54, 1.807) is 12.1 Å². The Hall–Kier alpha value is -2.29. The largest absolute Gasteiger partial charge is 0.493 e. The van der Waals surface area contributed by atoms with Crippen molar-refractivity contribution >= 4 is 5.97 Å². The molecule has 0 unspecified atom stereocenters. The molecule has 3 rings (SSSR count). The highest BCUT2D eigenvalue weighted by molar-refractivity contribution is 5.90. The summed E-state index contributed by atoms with van der Waals surface area (Å²) in [6.45, 7) is 2.77. The number of carboxylic acids is 1. The quantitative estimate of drug-likeness (QED) is 0.903. The summed E-state index contributed by atoms with van der Waals surface area (Å²) < 4.78 is 5.61. The minimum atomic E-state index is -0.896. The van der Waals surface area contributed by atoms with Gasteiger partial charge in [0.25, 0.3) is 0 Å². The van der Waals surface area contributed by atoms with Crippen molar-refractivity contribution in [3.8, 4) is 16.9 Å². The fourth-order valence-corrected chi connectivity index (χ4v) is 2.59. The summed E-state index contributed by atoms with van der Waals surface area (Å²) in [7, 11) is 0. The topological polar surface area (TPSA) is 46.5 Å². The van der Waals surface area contributed by atoms with E-state index < -0.39 is 5.97 Å². The van der Waals surface area contributed by atoms with Crippen molar-refractivity contribution in [1.29, 1.82) is 0 Å². The fourth-order valence-electron chi connectivity index (χ4n) is 2.59. The van der Waals surface area contributed by atoms with Crippen LogP contribution in [0.4, 0.5) is 0 Å². The van der Waals surface area contributed by atoms with Crippen LogP contribution in [-0.4, -0.2) is 17.7 Å². The third-order valence-corrected chi connectivity index (χ3v) is 3.70. The van der Waals surface area contributed by atoms with Crippen molar-refractivity contribution in [1.82, 2.24) is 0 Å². The molecule has 0 aromatic heterocycles. The lowest BCUT2D eigenvalue weighted by molar-refractivity contribution is 0.0697. The number of fused-ring (bicyclic) bond motifs is 1. The van der Waals surface area contributed by atoms with Crippen LogP contribution in [0.3, 0.4) is 0 Å². The summed E-state index contributed by atoms with van der Waals surface area (Å²) in [5, 5.41) is 9.12. The summed E-state index contributed by atoms with van der Waals surface area (Å²) in [6.07, 6.45) is 2.05. The monoisotopic (exact) mass is 268 g/mol. The van der Waals surface area contributed by atoms with Crippen molar-refractivity contribution in [2.45, 2.75) is 19.8 Å². The SMILES string of the molecule is Cc1ccc(C(=O)O)cc1-c1ccc2c(c1)CCCO2. The van der Waals surface area contributed by atoms with Gasteiger partial charge in [-0.1, -0.05) is 12.1 Å². The fraction of sp³-hybridized carbons (Fsp3) is 0.235. The molecule has 0 amide bonds. The van der Waals surface area contributed by atoms with E-state index in [4.69, 9.17) is 9.84 Å². The standard InChI is InChI=1S/C17H16O3/c1-11-4-5-14(17(18)19)10-15(11)12-6-7-16-13(9-12)3-2-8-20-16/h4-7,9-10H,2-3,8H2,1H3,(H,18,19). The molecule has 0 saturated carbocycles. The highest BCUT2D eigenvalue weighted by Crippen LogP contribution is 2.32. The third-order valence-electron chi connectivity index (χ3n) is 3.70. The van der Waals surface area contributed by atoms with Gasteiger partial charge in [-0.05, 0) is 66.3 Å². The zero-order valence-corrected chi connectivity index (χ0v) is 11.3. The van der Waals surface area contributed by atoms with Crippen molar-refractivity contribution in [3.05, 3.63) is 53.1 Å². The van der Waals surface area contributed by atoms with Crippen LogP contribution < -0.4 is 4.74 Å². The van der Waals surface area contributed by atoms with Crippen LogP contribution in [0, 0.1) is 6.92 Å². The molecule has 0 bridgehead atoms. The number of aryl methyl sites for hydroxylation is 2. The molecule has 20 heavy (non-hydrogen) atoms. The summed E-state index contributed by atoms with van der Waals surface area (Å²) in [5.74, 6) is 0.0552. The predicted octanol–water partition coefficient (Wildman–Crippen LogP) is 3.69. The van der Waals surface area contributed by atoms with E-state index in [9.17, 15) is 4.79 Å². The number of hydrogen-bond donors (Lipinski definition) is 1. The Morgan fingerprint density at radius 3 is 2.85 bits per heavy atom. The Labute approximate surface area is 117 Å². The van der Waals surface area contributed by atoms with Gasteiger partial charge < -0.3 is 9.84 Å². The van der Waals surface area contributed by atoms with Crippen LogP contribution in [-0.2, 0) is 6.42 Å². The molecule has 0 radical (unpaired) electrons. The number of carbonyl (C=O) groups is 1. The first-order chi connectivity index (χ1) is 9.65. The van der Waals surface area contributed by atoms with Gasteiger partial charge in [-0.3, -0.25) is 0 Å². The minimum Gasteiger partial charge on any atom is -0.493 e. The number of carboxylic acid groups (broad SMARTS) is 1. The summed E-state index contributed by atoms with van der Waals surface area (Å²) >= 11 is 0. The van der Waals surface area contributed by atoms with E-state index >= 15 is 0 Å². The zero-order chi connectivity index (χ0) is 14.1. The number of rotatable bonds is 2. The van der Waals surface area contributed by atoms with Crippen LogP contribution in [0.15, 0.2) is 36.4 Å². The molecule has 0 aliphatic carbocycles. The molecule has 1 aliphatic rings. The van der Waals surface area contributed by atoms with Crippen molar-refractivity contribution in [2.24, 2.45) is 0 Å². The Morgan fingerprint density at radius 2 is 2.05 bits per heavy atom. The first-order valence-electron chi connectivity index (χ1n) is 6.75. The maximum atomic E-state index is 11.1. The lowest BCUT2D eigenvalue weighted by Crippen LogP contribution is -2.08. The van der Waals surface area contributed by atoms with E-state index in [1.807, 2.05) is 25.1 Å². The van der Waals surface area contributed by atoms with E-state index in [0.29, 0.717) is 5.56 Å². The van der Waals surface area contributed by atoms with Crippen LogP contribution in [0.25, 0.3) is 11.1 Å². The van der Waals surface area contributed by atoms with Crippen LogP contribution in [0.2, 0.25) is 0 Å². The molecule has 2 aromatic carbocycles. The Morgan fingerprint density at radius 1 is 1.20 bits per heavy atom. The van der Waals surface area contributed by atoms with Gasteiger partial charge in [0.1, 0.15) is 5.75 Å². The first kappa shape index (κ1) is 12.7. The Balaban J connectivity index is 2.08. The molecule has 0 spiro atoms. The van der Waals surface area contributed by atoms with Crippen molar-refractivity contribution in [2.75, 3.05) is 6.61 Å². The van der Waals surface area contributed by atoms with Gasteiger partial charge in [-0.2, -0.15) is 0 Å². The maximum Gasteiger partial charge on any atom is 0.335 e. The van der Waals surface area contributed by atoms with Crippen LogP contribution >= 0.6 is 0 Å². The lowest BCUT2D eigenvalue weighted by atomic mass is 9.95. The van der Waals surface area contributed by atoms with Gasteiger partial charge in [-0.15, -0.1) is 0 Å². The van der Waals surface area contributed by atoms with Gasteiger partial charge in [0.15, 0.2) is 0 Å². The second-order valence-corrected chi connectivity index (χ2v) is 5.11. The van der Waals surface area contributed by atoms with Gasteiger partial charge in [0.05, 0.1) is 12.2 Å². The second kappa shape index (κ2) is 5.00. The molecule has 3 heteroatoms. The maximum absolute atomic E-state index is 11.1. The molecule has 2 aromatic rings.